The summed E-state index contributed by atoms with van der Waals surface area (Å²) in [7, 11) is -9.88. The average molecular weight is 1240 g/mol. The molecule has 19 heteroatoms. The molecule has 0 spiro atoms. The monoisotopic (exact) mass is 1240 g/mol. The van der Waals surface area contributed by atoms with E-state index >= 15 is 0 Å². The summed E-state index contributed by atoms with van der Waals surface area (Å²) in [5, 5.41) is 10.5. The second kappa shape index (κ2) is 57.5. The largest absolute Gasteiger partial charge is 0.472 e. The van der Waals surface area contributed by atoms with Gasteiger partial charge in [-0.25, -0.2) is 9.13 Å². The van der Waals surface area contributed by atoms with Gasteiger partial charge in [-0.05, 0) is 37.5 Å². The highest BCUT2D eigenvalue weighted by atomic mass is 31.2. The molecule has 0 saturated heterocycles. The molecule has 5 atom stereocenters. The Bertz CT molecular complexity index is 1650. The maximum atomic E-state index is 13.0. The number of carbonyl (C=O) groups excluding carboxylic acids is 4. The summed E-state index contributed by atoms with van der Waals surface area (Å²) in [6, 6.07) is 0. The molecule has 0 aromatic rings. The lowest BCUT2D eigenvalue weighted by Gasteiger charge is -2.21. The van der Waals surface area contributed by atoms with Crippen LogP contribution in [0.25, 0.3) is 0 Å². The predicted octanol–water partition coefficient (Wildman–Crippen LogP) is 18.0. The van der Waals surface area contributed by atoms with Gasteiger partial charge in [0.05, 0.1) is 26.4 Å². The molecule has 0 aliphatic rings. The normalized spacial score (nSPS) is 14.3. The Morgan fingerprint density at radius 3 is 0.810 bits per heavy atom. The molecule has 0 fully saturated rings. The molecule has 0 radical (unpaired) electrons. The second-order valence-electron chi connectivity index (χ2n) is 24.5. The zero-order valence-corrected chi connectivity index (χ0v) is 56.0. The Morgan fingerprint density at radius 1 is 0.321 bits per heavy atom. The van der Waals surface area contributed by atoms with Crippen molar-refractivity contribution in [2.45, 2.75) is 342 Å². The van der Waals surface area contributed by atoms with Gasteiger partial charge in [-0.15, -0.1) is 0 Å². The maximum Gasteiger partial charge on any atom is 0.472 e. The number of carbonyl (C=O) groups is 4. The van der Waals surface area contributed by atoms with E-state index in [-0.39, 0.29) is 25.7 Å². The van der Waals surface area contributed by atoms with Gasteiger partial charge < -0.3 is 33.8 Å². The molecule has 0 bridgehead atoms. The number of phosphoric acid groups is 2. The Balaban J connectivity index is 5.22. The Labute approximate surface area is 511 Å². The highest BCUT2D eigenvalue weighted by Gasteiger charge is 2.30. The fraction of sp³-hybridized carbons (Fsp3) is 0.938. The standard InChI is InChI=1S/C65H126O17P2/c1-7-9-11-13-15-16-17-18-19-20-25-31-37-43-49-64(69)81-61(54-76-63(68)48-42-36-30-24-22-21-23-28-33-39-45-57(3)4)56-80-84(73,74)78-52-59(66)51-77-83(71,72)79-55-60(53-75-62(67)47-41-35-27-14-12-10-8-2)82-65(70)50-44-38-32-26-29-34-40-46-58(5)6/h57-61,66H,7-56H2,1-6H3,(H,71,72)(H,73,74)/t59-,60+,61+/m0/s1. The van der Waals surface area contributed by atoms with Crippen LogP contribution >= 0.6 is 15.6 Å². The topological polar surface area (TPSA) is 237 Å². The first-order valence-corrected chi connectivity index (χ1v) is 37.0. The third kappa shape index (κ3) is 59.0. The maximum absolute atomic E-state index is 13.0. The summed E-state index contributed by atoms with van der Waals surface area (Å²) in [5.41, 5.74) is 0. The van der Waals surface area contributed by atoms with Crippen LogP contribution in [0.4, 0.5) is 0 Å². The van der Waals surface area contributed by atoms with E-state index in [2.05, 4.69) is 41.5 Å². The van der Waals surface area contributed by atoms with Gasteiger partial charge in [0.15, 0.2) is 12.2 Å². The predicted molar refractivity (Wildman–Crippen MR) is 335 cm³/mol. The number of phosphoric ester groups is 2. The van der Waals surface area contributed by atoms with Crippen molar-refractivity contribution >= 4 is 39.5 Å². The first kappa shape index (κ1) is 82.1. The molecule has 3 N–H and O–H groups in total. The highest BCUT2D eigenvalue weighted by Crippen LogP contribution is 2.45. The molecule has 0 aromatic heterocycles. The van der Waals surface area contributed by atoms with Crippen molar-refractivity contribution in [1.82, 2.24) is 0 Å². The van der Waals surface area contributed by atoms with Crippen molar-refractivity contribution in [3.8, 4) is 0 Å². The lowest BCUT2D eigenvalue weighted by molar-refractivity contribution is -0.161. The molecule has 0 amide bonds. The van der Waals surface area contributed by atoms with Gasteiger partial charge in [0, 0.05) is 25.7 Å². The van der Waals surface area contributed by atoms with E-state index in [0.717, 1.165) is 109 Å². The third-order valence-electron chi connectivity index (χ3n) is 15.0. The number of esters is 4. The van der Waals surface area contributed by atoms with Crippen molar-refractivity contribution in [2.75, 3.05) is 39.6 Å². The van der Waals surface area contributed by atoms with Crippen molar-refractivity contribution < 1.29 is 80.2 Å². The fourth-order valence-electron chi connectivity index (χ4n) is 9.71. The summed E-state index contributed by atoms with van der Waals surface area (Å²) < 4.78 is 68.0. The first-order valence-electron chi connectivity index (χ1n) is 34.0. The lowest BCUT2D eigenvalue weighted by atomic mass is 10.0. The lowest BCUT2D eigenvalue weighted by Crippen LogP contribution is -2.30. The number of hydrogen-bond acceptors (Lipinski definition) is 15. The molecule has 2 unspecified atom stereocenters. The Hall–Kier alpha value is -1.94. The van der Waals surface area contributed by atoms with Crippen LogP contribution in [0.15, 0.2) is 0 Å². The number of unbranched alkanes of at least 4 members (excludes halogenated alkanes) is 34. The molecule has 0 heterocycles. The number of hydrogen-bond donors (Lipinski definition) is 3. The number of aliphatic hydroxyl groups is 1. The van der Waals surface area contributed by atoms with Crippen molar-refractivity contribution in [3.05, 3.63) is 0 Å². The molecule has 0 rings (SSSR count). The smallest absolute Gasteiger partial charge is 0.462 e. The van der Waals surface area contributed by atoms with Crippen LogP contribution in [-0.2, 0) is 65.4 Å². The molecular weight excluding hydrogens is 1110 g/mol. The van der Waals surface area contributed by atoms with Crippen LogP contribution in [0.2, 0.25) is 0 Å². The van der Waals surface area contributed by atoms with E-state index in [4.69, 9.17) is 37.0 Å². The van der Waals surface area contributed by atoms with Crippen LogP contribution in [0.5, 0.6) is 0 Å². The minimum atomic E-state index is -4.95. The number of rotatable bonds is 64. The van der Waals surface area contributed by atoms with Gasteiger partial charge in [0.25, 0.3) is 0 Å². The van der Waals surface area contributed by atoms with Gasteiger partial charge in [-0.3, -0.25) is 37.3 Å². The molecular formula is C65H126O17P2. The Kier molecular flexibility index (Phi) is 56.2. The summed E-state index contributed by atoms with van der Waals surface area (Å²) >= 11 is 0. The Morgan fingerprint density at radius 2 is 0.548 bits per heavy atom. The van der Waals surface area contributed by atoms with Crippen molar-refractivity contribution in [3.63, 3.8) is 0 Å². The fourth-order valence-corrected chi connectivity index (χ4v) is 11.3. The SMILES string of the molecule is CCCCCCCCCCCCCCCCC(=O)O[C@H](COC(=O)CCCCCCCCCCCCC(C)C)COP(=O)(O)OC[C@@H](O)COP(=O)(O)OC[C@@H](COC(=O)CCCCCCCCC)OC(=O)CCCCCCCCCC(C)C. The van der Waals surface area contributed by atoms with Gasteiger partial charge in [0.1, 0.15) is 19.3 Å². The second-order valence-corrected chi connectivity index (χ2v) is 27.4. The van der Waals surface area contributed by atoms with Gasteiger partial charge >= 0.3 is 39.5 Å². The van der Waals surface area contributed by atoms with Crippen molar-refractivity contribution in [1.29, 1.82) is 0 Å². The molecule has 0 aliphatic carbocycles. The van der Waals surface area contributed by atoms with Crippen LogP contribution < -0.4 is 0 Å². The first-order chi connectivity index (χ1) is 40.4. The van der Waals surface area contributed by atoms with Crippen LogP contribution in [0.3, 0.4) is 0 Å². The summed E-state index contributed by atoms with van der Waals surface area (Å²) in [6.45, 7) is 9.40. The van der Waals surface area contributed by atoms with Crippen LogP contribution in [0.1, 0.15) is 324 Å². The molecule has 84 heavy (non-hydrogen) atoms. The van der Waals surface area contributed by atoms with E-state index in [0.29, 0.717) is 31.6 Å². The van der Waals surface area contributed by atoms with Crippen LogP contribution in [-0.4, -0.2) is 96.7 Å². The van der Waals surface area contributed by atoms with E-state index < -0.39 is 97.5 Å². The minimum absolute atomic E-state index is 0.103. The highest BCUT2D eigenvalue weighted by molar-refractivity contribution is 7.47. The number of ether oxygens (including phenoxy) is 4. The van der Waals surface area contributed by atoms with E-state index in [1.54, 1.807) is 0 Å². The zero-order valence-electron chi connectivity index (χ0n) is 54.2. The van der Waals surface area contributed by atoms with E-state index in [1.807, 2.05) is 0 Å². The van der Waals surface area contributed by atoms with Crippen LogP contribution in [0, 0.1) is 11.8 Å². The summed E-state index contributed by atoms with van der Waals surface area (Å²) in [5.74, 6) is -0.682. The van der Waals surface area contributed by atoms with Crippen molar-refractivity contribution in [2.24, 2.45) is 11.8 Å². The van der Waals surface area contributed by atoms with Gasteiger partial charge in [-0.2, -0.15) is 0 Å². The van der Waals surface area contributed by atoms with E-state index in [1.165, 1.54) is 128 Å². The summed E-state index contributed by atoms with van der Waals surface area (Å²) in [6.07, 6.45) is 40.5. The van der Waals surface area contributed by atoms with E-state index in [9.17, 15) is 43.2 Å². The molecule has 0 aliphatic heterocycles. The quantitative estimate of drug-likeness (QED) is 0.0222. The third-order valence-corrected chi connectivity index (χ3v) is 16.9. The minimum Gasteiger partial charge on any atom is -0.462 e. The number of aliphatic hydroxyl groups excluding tert-OH is 1. The molecule has 17 nitrogen and oxygen atoms in total. The molecule has 498 valence electrons. The molecule has 0 saturated carbocycles. The summed E-state index contributed by atoms with van der Waals surface area (Å²) in [4.78, 5) is 72.2. The zero-order chi connectivity index (χ0) is 62.2. The molecule has 0 aromatic carbocycles. The van der Waals surface area contributed by atoms with Gasteiger partial charge in [0.2, 0.25) is 0 Å². The van der Waals surface area contributed by atoms with Gasteiger partial charge in [-0.1, -0.05) is 273 Å². The average Bonchev–Trinajstić information content (AvgIpc) is 3.47.